The molecule has 0 radical (unpaired) electrons. The third-order valence-electron chi connectivity index (χ3n) is 4.92. The van der Waals surface area contributed by atoms with Crippen LogP contribution >= 0.6 is 0 Å². The van der Waals surface area contributed by atoms with E-state index in [1.807, 2.05) is 30.3 Å². The summed E-state index contributed by atoms with van der Waals surface area (Å²) in [5.74, 6) is -1.35. The van der Waals surface area contributed by atoms with Gasteiger partial charge in [0.1, 0.15) is 17.9 Å². The van der Waals surface area contributed by atoms with Crippen molar-refractivity contribution in [2.45, 2.75) is 25.3 Å². The first-order valence-corrected chi connectivity index (χ1v) is 9.17. The fourth-order valence-electron chi connectivity index (χ4n) is 3.33. The first-order chi connectivity index (χ1) is 13.5. The lowest BCUT2D eigenvalue weighted by atomic mass is 9.87. The molecular formula is C21H22FN3O3. The van der Waals surface area contributed by atoms with Gasteiger partial charge in [-0.2, -0.15) is 0 Å². The topological polar surface area (TPSA) is 78.5 Å². The number of nitrogens with zero attached hydrogens (tertiary/aromatic N) is 1. The number of hydrogen-bond acceptors (Lipinski definition) is 3. The van der Waals surface area contributed by atoms with E-state index in [2.05, 4.69) is 10.6 Å². The van der Waals surface area contributed by atoms with Gasteiger partial charge in [0, 0.05) is 6.54 Å². The Hall–Kier alpha value is -3.22. The molecule has 2 aromatic carbocycles. The van der Waals surface area contributed by atoms with E-state index in [4.69, 9.17) is 0 Å². The van der Waals surface area contributed by atoms with Crippen molar-refractivity contribution < 1.29 is 18.8 Å². The summed E-state index contributed by atoms with van der Waals surface area (Å²) in [5.41, 5.74) is 0.288. The highest BCUT2D eigenvalue weighted by molar-refractivity contribution is 6.09. The summed E-state index contributed by atoms with van der Waals surface area (Å²) in [5, 5.41) is 5.40. The van der Waals surface area contributed by atoms with Gasteiger partial charge >= 0.3 is 6.03 Å². The smallest absolute Gasteiger partial charge is 0.325 e. The van der Waals surface area contributed by atoms with E-state index < -0.39 is 29.2 Å². The van der Waals surface area contributed by atoms with E-state index >= 15 is 0 Å². The molecule has 0 aliphatic carbocycles. The molecule has 1 atom stereocenters. The first kappa shape index (κ1) is 19.5. The molecule has 2 N–H and O–H groups in total. The van der Waals surface area contributed by atoms with Crippen LogP contribution in [0.3, 0.4) is 0 Å². The molecule has 146 valence electrons. The Morgan fingerprint density at radius 2 is 1.79 bits per heavy atom. The fraction of sp³-hybridized carbons (Fsp3) is 0.286. The number of halogens is 1. The molecule has 1 saturated heterocycles. The Bertz CT molecular complexity index is 870. The van der Waals surface area contributed by atoms with Crippen LogP contribution in [-0.2, 0) is 21.5 Å². The summed E-state index contributed by atoms with van der Waals surface area (Å²) in [6.45, 7) is 1.80. The first-order valence-electron chi connectivity index (χ1n) is 9.17. The van der Waals surface area contributed by atoms with Gasteiger partial charge in [0.25, 0.3) is 5.91 Å². The minimum absolute atomic E-state index is 0.287. The van der Waals surface area contributed by atoms with Crippen LogP contribution in [0, 0.1) is 5.82 Å². The van der Waals surface area contributed by atoms with Gasteiger partial charge in [-0.1, -0.05) is 49.4 Å². The van der Waals surface area contributed by atoms with Crippen molar-refractivity contribution in [3.05, 3.63) is 71.5 Å². The lowest BCUT2D eigenvalue weighted by Crippen LogP contribution is -2.45. The van der Waals surface area contributed by atoms with Crippen molar-refractivity contribution in [1.29, 1.82) is 0 Å². The van der Waals surface area contributed by atoms with Crippen molar-refractivity contribution in [1.82, 2.24) is 15.5 Å². The Kier molecular flexibility index (Phi) is 5.73. The second kappa shape index (κ2) is 8.21. The third-order valence-corrected chi connectivity index (χ3v) is 4.92. The molecule has 4 amide bonds. The Balaban J connectivity index is 1.64. The van der Waals surface area contributed by atoms with Crippen molar-refractivity contribution in [2.75, 3.05) is 13.1 Å². The highest BCUT2D eigenvalue weighted by Crippen LogP contribution is 2.32. The minimum Gasteiger partial charge on any atom is -0.354 e. The normalized spacial score (nSPS) is 18.9. The second-order valence-corrected chi connectivity index (χ2v) is 6.67. The van der Waals surface area contributed by atoms with Crippen LogP contribution in [0.1, 0.15) is 24.5 Å². The average molecular weight is 383 g/mol. The molecular weight excluding hydrogens is 361 g/mol. The molecule has 6 nitrogen and oxygen atoms in total. The highest BCUT2D eigenvalue weighted by Gasteiger charge is 2.51. The SMILES string of the molecule is CCC1(c2ccc(F)cc2)NC(=O)N(CC(=O)NCCc2ccccc2)C1=O. The Morgan fingerprint density at radius 3 is 2.43 bits per heavy atom. The maximum absolute atomic E-state index is 13.2. The number of amides is 4. The van der Waals surface area contributed by atoms with E-state index in [9.17, 15) is 18.8 Å². The summed E-state index contributed by atoms with van der Waals surface area (Å²) in [6.07, 6.45) is 0.941. The number of hydrogen-bond donors (Lipinski definition) is 2. The fourth-order valence-corrected chi connectivity index (χ4v) is 3.33. The monoisotopic (exact) mass is 383 g/mol. The third kappa shape index (κ3) is 3.88. The number of carbonyl (C=O) groups excluding carboxylic acids is 3. The van der Waals surface area contributed by atoms with Crippen molar-refractivity contribution in [3.63, 3.8) is 0 Å². The maximum Gasteiger partial charge on any atom is 0.325 e. The Morgan fingerprint density at radius 1 is 1.11 bits per heavy atom. The zero-order valence-corrected chi connectivity index (χ0v) is 15.6. The molecule has 0 saturated carbocycles. The summed E-state index contributed by atoms with van der Waals surface area (Å²) in [4.78, 5) is 38.5. The summed E-state index contributed by atoms with van der Waals surface area (Å²) >= 11 is 0. The van der Waals surface area contributed by atoms with E-state index in [0.29, 0.717) is 18.5 Å². The van der Waals surface area contributed by atoms with Gasteiger partial charge in [-0.05, 0) is 36.1 Å². The number of benzene rings is 2. The quantitative estimate of drug-likeness (QED) is 0.721. The minimum atomic E-state index is -1.28. The largest absolute Gasteiger partial charge is 0.354 e. The van der Waals surface area contributed by atoms with Gasteiger partial charge in [-0.15, -0.1) is 0 Å². The van der Waals surface area contributed by atoms with Crippen LogP contribution in [0.5, 0.6) is 0 Å². The van der Waals surface area contributed by atoms with Gasteiger partial charge in [0.05, 0.1) is 0 Å². The zero-order valence-electron chi connectivity index (χ0n) is 15.6. The molecule has 1 aliphatic heterocycles. The molecule has 0 bridgehead atoms. The summed E-state index contributed by atoms with van der Waals surface area (Å²) < 4.78 is 13.2. The van der Waals surface area contributed by atoms with Gasteiger partial charge in [0.2, 0.25) is 5.91 Å². The van der Waals surface area contributed by atoms with Crippen molar-refractivity contribution in [3.8, 4) is 0 Å². The van der Waals surface area contributed by atoms with E-state index in [-0.39, 0.29) is 13.0 Å². The van der Waals surface area contributed by atoms with Crippen LogP contribution in [0.15, 0.2) is 54.6 Å². The predicted molar refractivity (Wildman–Crippen MR) is 102 cm³/mol. The van der Waals surface area contributed by atoms with Gasteiger partial charge in [-0.3, -0.25) is 14.5 Å². The molecule has 0 aromatic heterocycles. The molecule has 0 spiro atoms. The lowest BCUT2D eigenvalue weighted by molar-refractivity contribution is -0.135. The van der Waals surface area contributed by atoms with Crippen LogP contribution in [0.25, 0.3) is 0 Å². The standard InChI is InChI=1S/C21H22FN3O3/c1-2-21(16-8-10-17(22)11-9-16)19(27)25(20(28)24-21)14-18(26)23-13-12-15-6-4-3-5-7-15/h3-11H,2,12-14H2,1H3,(H,23,26)(H,24,28). The molecule has 7 heteroatoms. The van der Waals surface area contributed by atoms with Crippen LogP contribution in [-0.4, -0.2) is 35.8 Å². The Labute approximate surface area is 162 Å². The van der Waals surface area contributed by atoms with E-state index in [1.165, 1.54) is 24.3 Å². The molecule has 1 heterocycles. The number of nitrogens with one attached hydrogen (secondary N) is 2. The van der Waals surface area contributed by atoms with Crippen molar-refractivity contribution in [2.24, 2.45) is 0 Å². The number of imide groups is 1. The van der Waals surface area contributed by atoms with Crippen molar-refractivity contribution >= 4 is 17.8 Å². The number of carbonyl (C=O) groups is 3. The van der Waals surface area contributed by atoms with Crippen LogP contribution in [0.2, 0.25) is 0 Å². The molecule has 1 unspecified atom stereocenters. The lowest BCUT2D eigenvalue weighted by Gasteiger charge is -2.25. The molecule has 2 aromatic rings. The van der Waals surface area contributed by atoms with Crippen LogP contribution in [0.4, 0.5) is 9.18 Å². The average Bonchev–Trinajstić information content (AvgIpc) is 2.94. The molecule has 28 heavy (non-hydrogen) atoms. The van der Waals surface area contributed by atoms with Gasteiger partial charge < -0.3 is 10.6 Å². The maximum atomic E-state index is 13.2. The zero-order chi connectivity index (χ0) is 20.1. The highest BCUT2D eigenvalue weighted by atomic mass is 19.1. The number of urea groups is 1. The molecule has 3 rings (SSSR count). The van der Waals surface area contributed by atoms with Gasteiger partial charge in [0.15, 0.2) is 0 Å². The summed E-state index contributed by atoms with van der Waals surface area (Å²) in [7, 11) is 0. The van der Waals surface area contributed by atoms with E-state index in [1.54, 1.807) is 6.92 Å². The molecule has 1 aliphatic rings. The van der Waals surface area contributed by atoms with Gasteiger partial charge in [-0.25, -0.2) is 9.18 Å². The van der Waals surface area contributed by atoms with E-state index in [0.717, 1.165) is 10.5 Å². The second-order valence-electron chi connectivity index (χ2n) is 6.67. The molecule has 1 fully saturated rings. The summed E-state index contributed by atoms with van der Waals surface area (Å²) in [6, 6.07) is 14.5. The van der Waals surface area contributed by atoms with Crippen LogP contribution < -0.4 is 10.6 Å². The number of rotatable bonds is 7. The predicted octanol–water partition coefficient (Wildman–Crippen LogP) is 2.34.